The van der Waals surface area contributed by atoms with Crippen molar-refractivity contribution < 1.29 is 9.53 Å². The molecular formula is C18H18N2O3S. The fourth-order valence-corrected chi connectivity index (χ4v) is 3.62. The van der Waals surface area contributed by atoms with E-state index < -0.39 is 5.97 Å². The second kappa shape index (κ2) is 6.20. The number of para-hydroxylation sites is 1. The molecule has 0 N–H and O–H groups in total. The Morgan fingerprint density at radius 3 is 2.54 bits per heavy atom. The SMILES string of the molecule is Cc1cccc(C)c1OC(=O)Cn1cnc2sc(C)c(C)c2c1=O. The molecule has 0 aliphatic heterocycles. The first-order chi connectivity index (χ1) is 11.4. The van der Waals surface area contributed by atoms with Crippen LogP contribution in [-0.4, -0.2) is 15.5 Å². The average molecular weight is 342 g/mol. The lowest BCUT2D eigenvalue weighted by atomic mass is 10.1. The minimum absolute atomic E-state index is 0.163. The largest absolute Gasteiger partial charge is 0.425 e. The molecule has 0 saturated carbocycles. The molecule has 1 aromatic carbocycles. The van der Waals surface area contributed by atoms with E-state index >= 15 is 0 Å². The van der Waals surface area contributed by atoms with Gasteiger partial charge >= 0.3 is 5.97 Å². The van der Waals surface area contributed by atoms with E-state index in [1.807, 2.05) is 45.9 Å². The van der Waals surface area contributed by atoms with Crippen molar-refractivity contribution in [3.05, 3.63) is 56.4 Å². The second-order valence-electron chi connectivity index (χ2n) is 5.84. The van der Waals surface area contributed by atoms with Gasteiger partial charge in [0.05, 0.1) is 11.7 Å². The van der Waals surface area contributed by atoms with Crippen LogP contribution >= 0.6 is 11.3 Å². The van der Waals surface area contributed by atoms with Gasteiger partial charge in [0.2, 0.25) is 0 Å². The number of aromatic nitrogens is 2. The summed E-state index contributed by atoms with van der Waals surface area (Å²) < 4.78 is 6.76. The topological polar surface area (TPSA) is 61.2 Å². The fourth-order valence-electron chi connectivity index (χ4n) is 2.63. The van der Waals surface area contributed by atoms with Crippen LogP contribution in [0.25, 0.3) is 10.2 Å². The number of rotatable bonds is 3. The lowest BCUT2D eigenvalue weighted by Gasteiger charge is -2.11. The number of benzene rings is 1. The number of ether oxygens (including phenoxy) is 1. The van der Waals surface area contributed by atoms with Crippen molar-refractivity contribution in [1.82, 2.24) is 9.55 Å². The summed E-state index contributed by atoms with van der Waals surface area (Å²) in [6.45, 7) is 7.46. The van der Waals surface area contributed by atoms with Crippen LogP contribution in [0, 0.1) is 27.7 Å². The molecule has 0 spiro atoms. The molecule has 2 aromatic heterocycles. The first kappa shape index (κ1) is 16.4. The second-order valence-corrected chi connectivity index (χ2v) is 7.04. The van der Waals surface area contributed by atoms with Crippen LogP contribution < -0.4 is 10.3 Å². The number of aryl methyl sites for hydroxylation is 4. The van der Waals surface area contributed by atoms with Crippen molar-refractivity contribution in [3.63, 3.8) is 0 Å². The maximum atomic E-state index is 12.6. The number of hydrogen-bond donors (Lipinski definition) is 0. The van der Waals surface area contributed by atoms with Crippen molar-refractivity contribution in [2.45, 2.75) is 34.2 Å². The van der Waals surface area contributed by atoms with Gasteiger partial charge in [-0.05, 0) is 44.4 Å². The lowest BCUT2D eigenvalue weighted by molar-refractivity contribution is -0.135. The molecular weight excluding hydrogens is 324 g/mol. The molecule has 0 aliphatic rings. The van der Waals surface area contributed by atoms with E-state index in [1.54, 1.807) is 0 Å². The van der Waals surface area contributed by atoms with Crippen LogP contribution in [0.2, 0.25) is 0 Å². The predicted molar refractivity (Wildman–Crippen MR) is 94.9 cm³/mol. The summed E-state index contributed by atoms with van der Waals surface area (Å²) in [5, 5.41) is 0.583. The highest BCUT2D eigenvalue weighted by atomic mass is 32.1. The Hall–Kier alpha value is -2.47. The Kier molecular flexibility index (Phi) is 4.24. The minimum atomic E-state index is -0.486. The molecule has 0 atom stereocenters. The van der Waals surface area contributed by atoms with Crippen molar-refractivity contribution in [2.75, 3.05) is 0 Å². The van der Waals surface area contributed by atoms with Gasteiger partial charge in [0.15, 0.2) is 0 Å². The zero-order valence-corrected chi connectivity index (χ0v) is 14.9. The smallest absolute Gasteiger partial charge is 0.331 e. The van der Waals surface area contributed by atoms with Gasteiger partial charge in [-0.25, -0.2) is 9.78 Å². The van der Waals surface area contributed by atoms with Crippen LogP contribution in [0.15, 0.2) is 29.3 Å². The molecule has 3 rings (SSSR count). The summed E-state index contributed by atoms with van der Waals surface area (Å²) >= 11 is 1.49. The number of carbonyl (C=O) groups excluding carboxylic acids is 1. The third-order valence-electron chi connectivity index (χ3n) is 4.08. The molecule has 6 heteroatoms. The van der Waals surface area contributed by atoms with Gasteiger partial charge in [-0.1, -0.05) is 18.2 Å². The van der Waals surface area contributed by atoms with E-state index in [0.717, 1.165) is 21.6 Å². The number of carbonyl (C=O) groups is 1. The average Bonchev–Trinajstić information content (AvgIpc) is 2.82. The van der Waals surface area contributed by atoms with Crippen LogP contribution in [0.1, 0.15) is 21.6 Å². The van der Waals surface area contributed by atoms with Gasteiger partial charge in [-0.15, -0.1) is 11.3 Å². The van der Waals surface area contributed by atoms with Crippen molar-refractivity contribution in [3.8, 4) is 5.75 Å². The van der Waals surface area contributed by atoms with Crippen LogP contribution in [0.3, 0.4) is 0 Å². The molecule has 3 aromatic rings. The van der Waals surface area contributed by atoms with Gasteiger partial charge in [0.25, 0.3) is 5.56 Å². The van der Waals surface area contributed by atoms with Crippen molar-refractivity contribution in [1.29, 1.82) is 0 Å². The van der Waals surface area contributed by atoms with Gasteiger partial charge in [-0.3, -0.25) is 9.36 Å². The minimum Gasteiger partial charge on any atom is -0.425 e. The number of nitrogens with zero attached hydrogens (tertiary/aromatic N) is 2. The molecule has 0 saturated heterocycles. The normalized spacial score (nSPS) is 11.0. The van der Waals surface area contributed by atoms with E-state index in [-0.39, 0.29) is 12.1 Å². The highest BCUT2D eigenvalue weighted by Crippen LogP contribution is 2.25. The molecule has 0 bridgehead atoms. The van der Waals surface area contributed by atoms with E-state index in [2.05, 4.69) is 4.98 Å². The molecule has 24 heavy (non-hydrogen) atoms. The quantitative estimate of drug-likeness (QED) is 0.541. The van der Waals surface area contributed by atoms with Crippen molar-refractivity contribution in [2.24, 2.45) is 0 Å². The Labute approximate surface area is 143 Å². The van der Waals surface area contributed by atoms with E-state index in [9.17, 15) is 9.59 Å². The van der Waals surface area contributed by atoms with Crippen molar-refractivity contribution >= 4 is 27.5 Å². The van der Waals surface area contributed by atoms with Crippen LogP contribution in [-0.2, 0) is 11.3 Å². The first-order valence-electron chi connectivity index (χ1n) is 7.60. The van der Waals surface area contributed by atoms with E-state index in [4.69, 9.17) is 4.74 Å². The van der Waals surface area contributed by atoms with E-state index in [1.165, 1.54) is 22.2 Å². The summed E-state index contributed by atoms with van der Waals surface area (Å²) in [5.74, 6) is 0.0624. The summed E-state index contributed by atoms with van der Waals surface area (Å²) in [5.41, 5.74) is 2.48. The number of fused-ring (bicyclic) bond motifs is 1. The highest BCUT2D eigenvalue weighted by Gasteiger charge is 2.15. The first-order valence-corrected chi connectivity index (χ1v) is 8.42. The number of hydrogen-bond acceptors (Lipinski definition) is 5. The third kappa shape index (κ3) is 2.85. The molecule has 0 unspecified atom stereocenters. The maximum Gasteiger partial charge on any atom is 0.331 e. The lowest BCUT2D eigenvalue weighted by Crippen LogP contribution is -2.27. The van der Waals surface area contributed by atoms with Gasteiger partial charge in [-0.2, -0.15) is 0 Å². The molecule has 0 aliphatic carbocycles. The summed E-state index contributed by atoms with van der Waals surface area (Å²) in [4.78, 5) is 30.9. The molecule has 2 heterocycles. The standard InChI is InChI=1S/C18H18N2O3S/c1-10-6-5-7-11(2)16(10)23-14(21)8-20-9-19-17-15(18(20)22)12(3)13(4)24-17/h5-7,9H,8H2,1-4H3. The summed E-state index contributed by atoms with van der Waals surface area (Å²) in [7, 11) is 0. The number of esters is 1. The Bertz CT molecular complexity index is 981. The molecule has 0 amide bonds. The Morgan fingerprint density at radius 1 is 1.21 bits per heavy atom. The third-order valence-corrected chi connectivity index (χ3v) is 5.20. The monoisotopic (exact) mass is 342 g/mol. The Morgan fingerprint density at radius 2 is 1.88 bits per heavy atom. The molecule has 5 nitrogen and oxygen atoms in total. The zero-order chi connectivity index (χ0) is 17.4. The van der Waals surface area contributed by atoms with E-state index in [0.29, 0.717) is 16.0 Å². The summed E-state index contributed by atoms with van der Waals surface area (Å²) in [6.07, 6.45) is 1.41. The van der Waals surface area contributed by atoms with Crippen LogP contribution in [0.5, 0.6) is 5.75 Å². The van der Waals surface area contributed by atoms with Crippen LogP contribution in [0.4, 0.5) is 0 Å². The Balaban J connectivity index is 1.90. The maximum absolute atomic E-state index is 12.6. The van der Waals surface area contributed by atoms with Gasteiger partial charge in [0, 0.05) is 4.88 Å². The number of thiophene rings is 1. The molecule has 124 valence electrons. The predicted octanol–water partition coefficient (Wildman–Crippen LogP) is 3.30. The van der Waals surface area contributed by atoms with Gasteiger partial charge < -0.3 is 4.74 Å². The molecule has 0 radical (unpaired) electrons. The zero-order valence-electron chi connectivity index (χ0n) is 14.0. The molecule has 0 fully saturated rings. The summed E-state index contributed by atoms with van der Waals surface area (Å²) in [6, 6.07) is 5.67. The van der Waals surface area contributed by atoms with Gasteiger partial charge in [0.1, 0.15) is 17.1 Å². The highest BCUT2D eigenvalue weighted by molar-refractivity contribution is 7.18. The fraction of sp³-hybridized carbons (Fsp3) is 0.278.